The number of aliphatic carboxylic acids is 1. The molecule has 1 aliphatic rings. The van der Waals surface area contributed by atoms with E-state index in [4.69, 9.17) is 9.90 Å². The van der Waals surface area contributed by atoms with Crippen molar-refractivity contribution in [3.63, 3.8) is 0 Å². The zero-order valence-corrected chi connectivity index (χ0v) is 19.0. The normalized spacial score (nSPS) is 16.6. The number of hydrogen-bond donors (Lipinski definition) is 3. The molecule has 1 saturated heterocycles. The van der Waals surface area contributed by atoms with Crippen LogP contribution in [0.4, 0.5) is 13.2 Å². The molecule has 8 nitrogen and oxygen atoms in total. The van der Waals surface area contributed by atoms with Gasteiger partial charge in [0.15, 0.2) is 0 Å². The maximum Gasteiger partial charge on any atom is 0.490 e. The molecule has 1 fully saturated rings. The lowest BCUT2D eigenvalue weighted by Gasteiger charge is -2.34. The Hall–Kier alpha value is -3.47. The number of nitrogens with zero attached hydrogens (tertiary/aromatic N) is 3. The smallest absolute Gasteiger partial charge is 0.475 e. The SMILES string of the molecule is CC(C)(C)c1ccc(C2CN(C(=O)c3cc4cn[nH]c4cn3)CCN2)cc1.O=C(O)C(F)(F)F. The summed E-state index contributed by atoms with van der Waals surface area (Å²) in [5.74, 6) is -2.79. The van der Waals surface area contributed by atoms with Gasteiger partial charge >= 0.3 is 12.1 Å². The summed E-state index contributed by atoms with van der Waals surface area (Å²) in [6, 6.07) is 10.6. The third kappa shape index (κ3) is 6.10. The quantitative estimate of drug-likeness (QED) is 0.519. The van der Waals surface area contributed by atoms with Gasteiger partial charge in [0, 0.05) is 31.1 Å². The Kier molecular flexibility index (Phi) is 7.25. The van der Waals surface area contributed by atoms with E-state index in [2.05, 4.69) is 65.5 Å². The van der Waals surface area contributed by atoms with E-state index in [0.717, 1.165) is 17.4 Å². The highest BCUT2D eigenvalue weighted by Gasteiger charge is 2.38. The second-order valence-corrected chi connectivity index (χ2v) is 8.96. The molecule has 0 radical (unpaired) electrons. The number of aromatic amines is 1. The fourth-order valence-electron chi connectivity index (χ4n) is 3.49. The highest BCUT2D eigenvalue weighted by molar-refractivity contribution is 5.95. The van der Waals surface area contributed by atoms with Crippen molar-refractivity contribution in [2.45, 2.75) is 38.4 Å². The zero-order valence-electron chi connectivity index (χ0n) is 19.0. The summed E-state index contributed by atoms with van der Waals surface area (Å²) in [7, 11) is 0. The molecule has 34 heavy (non-hydrogen) atoms. The summed E-state index contributed by atoms with van der Waals surface area (Å²) in [4.78, 5) is 28.0. The van der Waals surface area contributed by atoms with Gasteiger partial charge in [-0.25, -0.2) is 9.78 Å². The number of amides is 1. The number of carbonyl (C=O) groups excluding carboxylic acids is 1. The number of H-pyrrole nitrogens is 1. The molecule has 1 atom stereocenters. The van der Waals surface area contributed by atoms with Crippen LogP contribution in [0.3, 0.4) is 0 Å². The number of nitrogens with one attached hydrogen (secondary N) is 2. The number of carbonyl (C=O) groups is 2. The minimum Gasteiger partial charge on any atom is -0.475 e. The van der Waals surface area contributed by atoms with Crippen LogP contribution in [0, 0.1) is 0 Å². The lowest BCUT2D eigenvalue weighted by atomic mass is 9.86. The summed E-state index contributed by atoms with van der Waals surface area (Å²) < 4.78 is 31.7. The minimum absolute atomic E-state index is 0.0316. The van der Waals surface area contributed by atoms with E-state index >= 15 is 0 Å². The average molecular weight is 477 g/mol. The summed E-state index contributed by atoms with van der Waals surface area (Å²) in [5.41, 5.74) is 3.96. The first-order chi connectivity index (χ1) is 15.9. The van der Waals surface area contributed by atoms with Crippen molar-refractivity contribution in [2.24, 2.45) is 0 Å². The zero-order chi connectivity index (χ0) is 25.1. The third-order valence-electron chi connectivity index (χ3n) is 5.43. The fraction of sp³-hybridized carbons (Fsp3) is 0.391. The van der Waals surface area contributed by atoms with E-state index in [1.165, 1.54) is 11.1 Å². The number of carboxylic acid groups (broad SMARTS) is 1. The van der Waals surface area contributed by atoms with Crippen LogP contribution in [0.5, 0.6) is 0 Å². The summed E-state index contributed by atoms with van der Waals surface area (Å²) in [5, 5.41) is 18.4. The Bertz CT molecular complexity index is 1150. The highest BCUT2D eigenvalue weighted by atomic mass is 19.4. The maximum absolute atomic E-state index is 12.9. The molecule has 1 aromatic carbocycles. The molecule has 3 aromatic rings. The van der Waals surface area contributed by atoms with Crippen LogP contribution in [0.15, 0.2) is 42.7 Å². The minimum atomic E-state index is -5.08. The Morgan fingerprint density at radius 1 is 1.12 bits per heavy atom. The molecule has 0 saturated carbocycles. The molecule has 1 aliphatic heterocycles. The molecule has 1 amide bonds. The fourth-order valence-corrected chi connectivity index (χ4v) is 3.49. The number of piperazine rings is 1. The van der Waals surface area contributed by atoms with Gasteiger partial charge in [-0.05, 0) is 22.6 Å². The lowest BCUT2D eigenvalue weighted by molar-refractivity contribution is -0.192. The van der Waals surface area contributed by atoms with E-state index < -0.39 is 12.1 Å². The van der Waals surface area contributed by atoms with Crippen LogP contribution in [-0.2, 0) is 10.2 Å². The Morgan fingerprint density at radius 2 is 1.76 bits per heavy atom. The number of alkyl halides is 3. The lowest BCUT2D eigenvalue weighted by Crippen LogP contribution is -2.48. The van der Waals surface area contributed by atoms with Crippen LogP contribution in [0.2, 0.25) is 0 Å². The summed E-state index contributed by atoms with van der Waals surface area (Å²) >= 11 is 0. The highest BCUT2D eigenvalue weighted by Crippen LogP contribution is 2.25. The van der Waals surface area contributed by atoms with E-state index in [-0.39, 0.29) is 17.4 Å². The second kappa shape index (κ2) is 9.80. The van der Waals surface area contributed by atoms with Gasteiger partial charge in [-0.1, -0.05) is 45.0 Å². The van der Waals surface area contributed by atoms with Crippen LogP contribution in [0.1, 0.15) is 48.4 Å². The van der Waals surface area contributed by atoms with Crippen molar-refractivity contribution in [1.82, 2.24) is 25.4 Å². The largest absolute Gasteiger partial charge is 0.490 e. The second-order valence-electron chi connectivity index (χ2n) is 8.96. The van der Waals surface area contributed by atoms with Gasteiger partial charge in [0.2, 0.25) is 0 Å². The molecule has 0 spiro atoms. The first kappa shape index (κ1) is 25.2. The Balaban J connectivity index is 0.000000406. The van der Waals surface area contributed by atoms with Crippen molar-refractivity contribution in [2.75, 3.05) is 19.6 Å². The summed E-state index contributed by atoms with van der Waals surface area (Å²) in [6.45, 7) is 8.73. The number of benzene rings is 1. The van der Waals surface area contributed by atoms with E-state index in [1.54, 1.807) is 18.5 Å². The first-order valence-corrected chi connectivity index (χ1v) is 10.6. The van der Waals surface area contributed by atoms with Gasteiger partial charge in [-0.2, -0.15) is 18.3 Å². The molecular weight excluding hydrogens is 451 g/mol. The first-order valence-electron chi connectivity index (χ1n) is 10.6. The van der Waals surface area contributed by atoms with Gasteiger partial charge in [0.1, 0.15) is 5.69 Å². The maximum atomic E-state index is 12.9. The van der Waals surface area contributed by atoms with Crippen LogP contribution >= 0.6 is 0 Å². The van der Waals surface area contributed by atoms with Crippen molar-refractivity contribution < 1.29 is 27.9 Å². The number of rotatable bonds is 2. The molecule has 3 heterocycles. The monoisotopic (exact) mass is 477 g/mol. The molecule has 0 aliphatic carbocycles. The van der Waals surface area contributed by atoms with Crippen LogP contribution in [-0.4, -0.2) is 62.9 Å². The number of hydrogen-bond acceptors (Lipinski definition) is 5. The molecule has 2 aromatic heterocycles. The van der Waals surface area contributed by atoms with Gasteiger partial charge in [-0.3, -0.25) is 9.89 Å². The molecule has 0 bridgehead atoms. The van der Waals surface area contributed by atoms with Crippen LogP contribution in [0.25, 0.3) is 10.9 Å². The number of fused-ring (bicyclic) bond motifs is 1. The number of aromatic nitrogens is 3. The third-order valence-corrected chi connectivity index (χ3v) is 5.43. The molecule has 4 rings (SSSR count). The van der Waals surface area contributed by atoms with Crippen molar-refractivity contribution in [3.05, 3.63) is 59.5 Å². The van der Waals surface area contributed by atoms with Crippen molar-refractivity contribution >= 4 is 22.8 Å². The topological polar surface area (TPSA) is 111 Å². The van der Waals surface area contributed by atoms with E-state index in [0.29, 0.717) is 18.8 Å². The van der Waals surface area contributed by atoms with Gasteiger partial charge in [0.25, 0.3) is 5.91 Å². The van der Waals surface area contributed by atoms with Crippen molar-refractivity contribution in [3.8, 4) is 0 Å². The predicted octanol–water partition coefficient (Wildman–Crippen LogP) is 3.68. The van der Waals surface area contributed by atoms with Gasteiger partial charge < -0.3 is 15.3 Å². The predicted molar refractivity (Wildman–Crippen MR) is 119 cm³/mol. The summed E-state index contributed by atoms with van der Waals surface area (Å²) in [6.07, 6.45) is -1.70. The van der Waals surface area contributed by atoms with Gasteiger partial charge in [0.05, 0.1) is 17.9 Å². The number of pyridine rings is 1. The van der Waals surface area contributed by atoms with Gasteiger partial charge in [-0.15, -0.1) is 0 Å². The molecule has 11 heteroatoms. The Labute approximate surface area is 194 Å². The molecule has 182 valence electrons. The molecule has 3 N–H and O–H groups in total. The van der Waals surface area contributed by atoms with Crippen molar-refractivity contribution in [1.29, 1.82) is 0 Å². The standard InChI is InChI=1S/C21H25N5O.C2HF3O2/c1-21(2,3)16-6-4-14(5-7-16)19-13-26(9-8-22-19)20(27)17-10-15-11-24-25-18(15)12-23-17;3-2(4,5)1(6)7/h4-7,10-12,19,22H,8-9,13H2,1-3H3,(H,24,25);(H,6,7). The Morgan fingerprint density at radius 3 is 2.35 bits per heavy atom. The van der Waals surface area contributed by atoms with E-state index in [1.807, 2.05) is 4.90 Å². The molecular formula is C23H26F3N5O3. The number of halogens is 3. The van der Waals surface area contributed by atoms with Crippen LogP contribution < -0.4 is 5.32 Å². The number of carboxylic acids is 1. The molecule has 1 unspecified atom stereocenters. The average Bonchev–Trinajstić information content (AvgIpc) is 3.26. The van der Waals surface area contributed by atoms with E-state index in [9.17, 15) is 18.0 Å².